The molecule has 5 nitrogen and oxygen atoms in total. The van der Waals surface area contributed by atoms with E-state index >= 15 is 0 Å². The van der Waals surface area contributed by atoms with Gasteiger partial charge in [-0.15, -0.1) is 0 Å². The predicted molar refractivity (Wildman–Crippen MR) is 89.4 cm³/mol. The first-order valence-corrected chi connectivity index (χ1v) is 9.13. The van der Waals surface area contributed by atoms with E-state index in [1.807, 2.05) is 13.1 Å². The van der Waals surface area contributed by atoms with Crippen molar-refractivity contribution in [3.63, 3.8) is 0 Å². The number of carbonyl (C=O) groups excluding carboxylic acids is 1. The van der Waals surface area contributed by atoms with Crippen LogP contribution in [0.2, 0.25) is 0 Å². The summed E-state index contributed by atoms with van der Waals surface area (Å²) in [5, 5.41) is 3.29. The zero-order chi connectivity index (χ0) is 15.9. The van der Waals surface area contributed by atoms with E-state index in [9.17, 15) is 4.79 Å². The number of anilines is 1. The van der Waals surface area contributed by atoms with Gasteiger partial charge in [-0.1, -0.05) is 19.8 Å². The molecule has 3 aliphatic rings. The monoisotopic (exact) mass is 314 g/mol. The Labute approximate surface area is 137 Å². The minimum Gasteiger partial charge on any atom is -0.351 e. The second-order valence-corrected chi connectivity index (χ2v) is 7.27. The molecule has 1 aromatic heterocycles. The summed E-state index contributed by atoms with van der Waals surface area (Å²) >= 11 is 0. The zero-order valence-electron chi connectivity index (χ0n) is 13.9. The Kier molecular flexibility index (Phi) is 3.74. The minimum atomic E-state index is 0.0694. The van der Waals surface area contributed by atoms with Gasteiger partial charge in [0.1, 0.15) is 11.6 Å². The molecule has 23 heavy (non-hydrogen) atoms. The normalized spacial score (nSPS) is 26.0. The molecule has 0 aromatic carbocycles. The SMILES string of the molecule is CCC(=O)NC1CCN(c2ccnc(C3CC3)n2)C12CCCC2. The molecule has 1 spiro atoms. The van der Waals surface area contributed by atoms with Crippen molar-refractivity contribution in [2.45, 2.75) is 75.8 Å². The highest BCUT2D eigenvalue weighted by molar-refractivity contribution is 5.76. The quantitative estimate of drug-likeness (QED) is 0.928. The first-order chi connectivity index (χ1) is 11.2. The van der Waals surface area contributed by atoms with Crippen LogP contribution in [0.3, 0.4) is 0 Å². The van der Waals surface area contributed by atoms with E-state index in [1.54, 1.807) is 0 Å². The largest absolute Gasteiger partial charge is 0.351 e. The molecule has 1 aliphatic heterocycles. The molecule has 1 unspecified atom stereocenters. The summed E-state index contributed by atoms with van der Waals surface area (Å²) in [6.07, 6.45) is 10.8. The van der Waals surface area contributed by atoms with Crippen LogP contribution < -0.4 is 10.2 Å². The molecular weight excluding hydrogens is 288 g/mol. The number of carbonyl (C=O) groups is 1. The Balaban J connectivity index is 1.62. The lowest BCUT2D eigenvalue weighted by Gasteiger charge is -2.40. The lowest BCUT2D eigenvalue weighted by molar-refractivity contribution is -0.121. The number of rotatable bonds is 4. The molecular formula is C18H26N4O. The Morgan fingerprint density at radius 2 is 2.13 bits per heavy atom. The molecule has 5 heteroatoms. The van der Waals surface area contributed by atoms with Crippen molar-refractivity contribution in [1.82, 2.24) is 15.3 Å². The third-order valence-corrected chi connectivity index (χ3v) is 5.83. The number of nitrogens with one attached hydrogen (secondary N) is 1. The molecule has 2 saturated carbocycles. The molecule has 2 aliphatic carbocycles. The number of nitrogens with zero attached hydrogens (tertiary/aromatic N) is 3. The summed E-state index contributed by atoms with van der Waals surface area (Å²) in [4.78, 5) is 23.8. The minimum absolute atomic E-state index is 0.0694. The average molecular weight is 314 g/mol. The molecule has 1 saturated heterocycles. The van der Waals surface area contributed by atoms with Crippen LogP contribution in [0.25, 0.3) is 0 Å². The highest BCUT2D eigenvalue weighted by Gasteiger charge is 2.51. The highest BCUT2D eigenvalue weighted by atomic mass is 16.1. The number of hydrogen-bond acceptors (Lipinski definition) is 4. The molecule has 0 bridgehead atoms. The first kappa shape index (κ1) is 14.9. The van der Waals surface area contributed by atoms with Gasteiger partial charge in [-0.3, -0.25) is 4.79 Å². The van der Waals surface area contributed by atoms with E-state index in [2.05, 4.69) is 21.3 Å². The summed E-state index contributed by atoms with van der Waals surface area (Å²) in [5.41, 5.74) is 0.0694. The van der Waals surface area contributed by atoms with E-state index in [0.29, 0.717) is 12.3 Å². The van der Waals surface area contributed by atoms with E-state index in [-0.39, 0.29) is 17.5 Å². The van der Waals surface area contributed by atoms with Crippen LogP contribution in [0.4, 0.5) is 5.82 Å². The van der Waals surface area contributed by atoms with Gasteiger partial charge in [-0.25, -0.2) is 9.97 Å². The molecule has 0 radical (unpaired) electrons. The van der Waals surface area contributed by atoms with Crippen LogP contribution >= 0.6 is 0 Å². The van der Waals surface area contributed by atoms with Gasteiger partial charge in [-0.05, 0) is 38.2 Å². The number of aromatic nitrogens is 2. The molecule has 1 aromatic rings. The summed E-state index contributed by atoms with van der Waals surface area (Å²) in [7, 11) is 0. The van der Waals surface area contributed by atoms with Crippen molar-refractivity contribution in [3.05, 3.63) is 18.1 Å². The van der Waals surface area contributed by atoms with Gasteiger partial charge in [0.25, 0.3) is 0 Å². The Morgan fingerprint density at radius 1 is 1.35 bits per heavy atom. The van der Waals surface area contributed by atoms with E-state index in [0.717, 1.165) is 37.4 Å². The molecule has 2 heterocycles. The average Bonchev–Trinajstić information content (AvgIpc) is 3.23. The van der Waals surface area contributed by atoms with Crippen molar-refractivity contribution in [2.75, 3.05) is 11.4 Å². The standard InChI is InChI=1S/C18H26N4O/c1-2-16(23)20-14-8-12-22(18(14)9-3-4-10-18)15-7-11-19-17(21-15)13-5-6-13/h7,11,13-14H,2-6,8-10,12H2,1H3,(H,20,23). The summed E-state index contributed by atoms with van der Waals surface area (Å²) in [6, 6.07) is 2.31. The molecule has 1 amide bonds. The lowest BCUT2D eigenvalue weighted by atomic mass is 9.88. The van der Waals surface area contributed by atoms with Gasteiger partial charge < -0.3 is 10.2 Å². The molecule has 1 atom stereocenters. The topological polar surface area (TPSA) is 58.1 Å². The van der Waals surface area contributed by atoms with Crippen LogP contribution in [-0.4, -0.2) is 34.0 Å². The Hall–Kier alpha value is -1.65. The van der Waals surface area contributed by atoms with Gasteiger partial charge in [0.05, 0.1) is 11.6 Å². The summed E-state index contributed by atoms with van der Waals surface area (Å²) < 4.78 is 0. The Morgan fingerprint density at radius 3 is 2.83 bits per heavy atom. The molecule has 124 valence electrons. The van der Waals surface area contributed by atoms with E-state index in [4.69, 9.17) is 4.98 Å². The van der Waals surface area contributed by atoms with Crippen LogP contribution in [0.1, 0.15) is 70.0 Å². The molecule has 4 rings (SSSR count). The van der Waals surface area contributed by atoms with Crippen LogP contribution in [-0.2, 0) is 4.79 Å². The second-order valence-electron chi connectivity index (χ2n) is 7.27. The summed E-state index contributed by atoms with van der Waals surface area (Å²) in [6.45, 7) is 2.91. The van der Waals surface area contributed by atoms with Gasteiger partial charge in [-0.2, -0.15) is 0 Å². The van der Waals surface area contributed by atoms with Gasteiger partial charge in [0.15, 0.2) is 0 Å². The third kappa shape index (κ3) is 2.60. The van der Waals surface area contributed by atoms with Crippen molar-refractivity contribution < 1.29 is 4.79 Å². The van der Waals surface area contributed by atoms with Crippen LogP contribution in [0.15, 0.2) is 12.3 Å². The fraction of sp³-hybridized carbons (Fsp3) is 0.722. The van der Waals surface area contributed by atoms with Gasteiger partial charge in [0, 0.05) is 25.1 Å². The van der Waals surface area contributed by atoms with E-state index in [1.165, 1.54) is 25.7 Å². The van der Waals surface area contributed by atoms with Crippen molar-refractivity contribution in [3.8, 4) is 0 Å². The van der Waals surface area contributed by atoms with Crippen LogP contribution in [0.5, 0.6) is 0 Å². The third-order valence-electron chi connectivity index (χ3n) is 5.83. The van der Waals surface area contributed by atoms with Gasteiger partial charge in [0.2, 0.25) is 5.91 Å². The van der Waals surface area contributed by atoms with Gasteiger partial charge >= 0.3 is 0 Å². The fourth-order valence-corrected chi connectivity index (χ4v) is 4.44. The second kappa shape index (κ2) is 5.77. The first-order valence-electron chi connectivity index (χ1n) is 9.13. The number of amides is 1. The Bertz CT molecular complexity index is 592. The van der Waals surface area contributed by atoms with E-state index < -0.39 is 0 Å². The lowest BCUT2D eigenvalue weighted by Crippen LogP contribution is -2.55. The number of hydrogen-bond donors (Lipinski definition) is 1. The van der Waals surface area contributed by atoms with Crippen molar-refractivity contribution in [2.24, 2.45) is 0 Å². The summed E-state index contributed by atoms with van der Waals surface area (Å²) in [5.74, 6) is 2.82. The maximum atomic E-state index is 11.9. The van der Waals surface area contributed by atoms with Crippen molar-refractivity contribution in [1.29, 1.82) is 0 Å². The van der Waals surface area contributed by atoms with Crippen LogP contribution in [0, 0.1) is 0 Å². The smallest absolute Gasteiger partial charge is 0.220 e. The fourth-order valence-electron chi connectivity index (χ4n) is 4.44. The maximum Gasteiger partial charge on any atom is 0.220 e. The van der Waals surface area contributed by atoms with Crippen molar-refractivity contribution >= 4 is 11.7 Å². The maximum absolute atomic E-state index is 11.9. The molecule has 1 N–H and O–H groups in total. The highest BCUT2D eigenvalue weighted by Crippen LogP contribution is 2.46. The zero-order valence-corrected chi connectivity index (χ0v) is 13.9. The molecule has 3 fully saturated rings. The predicted octanol–water partition coefficient (Wildman–Crippen LogP) is 2.77.